The van der Waals surface area contributed by atoms with Gasteiger partial charge in [-0.1, -0.05) is 30.3 Å². The first kappa shape index (κ1) is 25.1. The average molecular weight is 533 g/mol. The Bertz CT molecular complexity index is 1670. The van der Waals surface area contributed by atoms with Crippen LogP contribution in [0.5, 0.6) is 5.75 Å². The number of aromatic nitrogens is 4. The number of carbonyl (C=O) groups is 2. The number of hydrogen-bond acceptors (Lipinski definition) is 6. The van der Waals surface area contributed by atoms with E-state index >= 15 is 0 Å². The van der Waals surface area contributed by atoms with E-state index in [9.17, 15) is 9.59 Å². The van der Waals surface area contributed by atoms with E-state index in [0.717, 1.165) is 52.5 Å². The summed E-state index contributed by atoms with van der Waals surface area (Å²) in [5.41, 5.74) is 6.32. The van der Waals surface area contributed by atoms with Crippen LogP contribution in [-0.2, 0) is 13.0 Å². The maximum absolute atomic E-state index is 13.0. The van der Waals surface area contributed by atoms with Gasteiger partial charge in [-0.3, -0.25) is 14.3 Å². The number of Topliss-reactive ketones (excluding diaryl/α,β-unsaturated/α-hetero) is 1. The Hall–Kier alpha value is -5.18. The molecule has 0 saturated carbocycles. The molecule has 3 N–H and O–H groups in total. The standard InChI is InChI=1S/C31H28N6O3/c1-40-24-12-10-20(11-13-24)18-37-19-22(17-33-37)31(39)36-27-16-21(14-15-32-27)29-30(34-23-6-3-2-4-7-23)28-25(35-29)8-5-9-26(28)38/h2-4,6-7,10-17,19,34-35H,5,8-9,18H2,1H3,(H,32,36,39). The third kappa shape index (κ3) is 5.22. The molecule has 2 aromatic carbocycles. The fourth-order valence-corrected chi connectivity index (χ4v) is 4.93. The van der Waals surface area contributed by atoms with Crippen LogP contribution in [0.4, 0.5) is 17.2 Å². The summed E-state index contributed by atoms with van der Waals surface area (Å²) in [5.74, 6) is 0.994. The van der Waals surface area contributed by atoms with Crippen LogP contribution in [-0.4, -0.2) is 38.5 Å². The van der Waals surface area contributed by atoms with E-state index in [1.54, 1.807) is 30.3 Å². The van der Waals surface area contributed by atoms with Crippen molar-refractivity contribution in [2.45, 2.75) is 25.8 Å². The van der Waals surface area contributed by atoms with Crippen molar-refractivity contribution in [3.63, 3.8) is 0 Å². The Kier molecular flexibility index (Phi) is 6.84. The van der Waals surface area contributed by atoms with Gasteiger partial charge >= 0.3 is 0 Å². The Labute approximate surface area is 231 Å². The van der Waals surface area contributed by atoms with Gasteiger partial charge in [-0.05, 0) is 54.8 Å². The van der Waals surface area contributed by atoms with Gasteiger partial charge < -0.3 is 20.4 Å². The molecule has 0 saturated heterocycles. The number of hydrogen-bond donors (Lipinski definition) is 3. The van der Waals surface area contributed by atoms with Gasteiger partial charge in [-0.2, -0.15) is 5.10 Å². The van der Waals surface area contributed by atoms with Crippen LogP contribution in [0.2, 0.25) is 0 Å². The van der Waals surface area contributed by atoms with E-state index in [0.29, 0.717) is 29.9 Å². The molecule has 9 nitrogen and oxygen atoms in total. The molecule has 6 rings (SSSR count). The number of carbonyl (C=O) groups excluding carboxylic acids is 2. The first-order chi connectivity index (χ1) is 19.6. The second-order valence-electron chi connectivity index (χ2n) is 9.65. The Morgan fingerprint density at radius 3 is 2.70 bits per heavy atom. The number of fused-ring (bicyclic) bond motifs is 1. The molecular formula is C31H28N6O3. The smallest absolute Gasteiger partial charge is 0.260 e. The van der Waals surface area contributed by atoms with Crippen LogP contribution >= 0.6 is 0 Å². The summed E-state index contributed by atoms with van der Waals surface area (Å²) in [6.07, 6.45) is 7.04. The van der Waals surface area contributed by atoms with Crippen molar-refractivity contribution < 1.29 is 14.3 Å². The number of para-hydroxylation sites is 1. The molecule has 0 spiro atoms. The second-order valence-corrected chi connectivity index (χ2v) is 9.65. The van der Waals surface area contributed by atoms with Crippen molar-refractivity contribution in [3.05, 3.63) is 108 Å². The first-order valence-corrected chi connectivity index (χ1v) is 13.1. The van der Waals surface area contributed by atoms with Gasteiger partial charge in [-0.25, -0.2) is 4.98 Å². The number of rotatable bonds is 8. The number of ether oxygens (including phenoxy) is 1. The average Bonchev–Trinajstić information content (AvgIpc) is 3.60. The number of anilines is 3. The van der Waals surface area contributed by atoms with E-state index in [-0.39, 0.29) is 11.7 Å². The predicted octanol–water partition coefficient (Wildman–Crippen LogP) is 5.85. The number of benzene rings is 2. The van der Waals surface area contributed by atoms with Crippen molar-refractivity contribution in [3.8, 4) is 17.0 Å². The highest BCUT2D eigenvalue weighted by Crippen LogP contribution is 2.39. The van der Waals surface area contributed by atoms with Crippen molar-refractivity contribution in [2.24, 2.45) is 0 Å². The molecule has 0 aliphatic heterocycles. The van der Waals surface area contributed by atoms with Crippen LogP contribution in [0.25, 0.3) is 11.3 Å². The minimum Gasteiger partial charge on any atom is -0.497 e. The monoisotopic (exact) mass is 532 g/mol. The van der Waals surface area contributed by atoms with E-state index in [4.69, 9.17) is 4.74 Å². The minimum atomic E-state index is -0.311. The van der Waals surface area contributed by atoms with E-state index < -0.39 is 0 Å². The normalized spacial score (nSPS) is 12.6. The highest BCUT2D eigenvalue weighted by molar-refractivity contribution is 6.08. The van der Waals surface area contributed by atoms with E-state index in [1.165, 1.54) is 6.20 Å². The lowest BCUT2D eigenvalue weighted by atomic mass is 9.95. The topological polar surface area (TPSA) is 114 Å². The van der Waals surface area contributed by atoms with Gasteiger partial charge in [0.1, 0.15) is 11.6 Å². The maximum atomic E-state index is 13.0. The Balaban J connectivity index is 1.23. The summed E-state index contributed by atoms with van der Waals surface area (Å²) in [6, 6.07) is 21.1. The first-order valence-electron chi connectivity index (χ1n) is 13.1. The number of amides is 1. The fourth-order valence-electron chi connectivity index (χ4n) is 4.93. The molecule has 3 heterocycles. The number of nitrogens with one attached hydrogen (secondary N) is 3. The van der Waals surface area contributed by atoms with Crippen molar-refractivity contribution >= 4 is 28.9 Å². The highest BCUT2D eigenvalue weighted by Gasteiger charge is 2.27. The zero-order valence-corrected chi connectivity index (χ0v) is 22.0. The fraction of sp³-hybridized carbons (Fsp3) is 0.161. The Morgan fingerprint density at radius 2 is 1.90 bits per heavy atom. The molecule has 3 aromatic heterocycles. The van der Waals surface area contributed by atoms with Gasteiger partial charge in [0.15, 0.2) is 5.78 Å². The lowest BCUT2D eigenvalue weighted by molar-refractivity contribution is 0.0972. The third-order valence-electron chi connectivity index (χ3n) is 6.92. The van der Waals surface area contributed by atoms with E-state index in [2.05, 4.69) is 25.7 Å². The predicted molar refractivity (Wildman–Crippen MR) is 153 cm³/mol. The lowest BCUT2D eigenvalue weighted by Gasteiger charge is -2.14. The SMILES string of the molecule is COc1ccc(Cn2cc(C(=O)Nc3cc(-c4[nH]c5c(c4Nc4ccccc4)C(=O)CCC5)ccn3)cn2)cc1. The van der Waals surface area contributed by atoms with Gasteiger partial charge in [0.2, 0.25) is 0 Å². The molecule has 0 atom stereocenters. The molecule has 1 aliphatic rings. The van der Waals surface area contributed by atoms with Crippen molar-refractivity contribution in [1.82, 2.24) is 19.7 Å². The van der Waals surface area contributed by atoms with Gasteiger partial charge in [0.25, 0.3) is 5.91 Å². The van der Waals surface area contributed by atoms with Crippen LogP contribution < -0.4 is 15.4 Å². The van der Waals surface area contributed by atoms with Gasteiger partial charge in [0.05, 0.1) is 42.4 Å². The molecule has 1 amide bonds. The second kappa shape index (κ2) is 10.9. The van der Waals surface area contributed by atoms with Crippen LogP contribution in [0.3, 0.4) is 0 Å². The summed E-state index contributed by atoms with van der Waals surface area (Å²) in [5, 5.41) is 10.7. The number of methoxy groups -OCH3 is 1. The number of aryl methyl sites for hydroxylation is 1. The van der Waals surface area contributed by atoms with Crippen molar-refractivity contribution in [1.29, 1.82) is 0 Å². The molecule has 200 valence electrons. The van der Waals surface area contributed by atoms with Crippen LogP contribution in [0.15, 0.2) is 85.3 Å². The number of pyridine rings is 1. The van der Waals surface area contributed by atoms with Crippen molar-refractivity contribution in [2.75, 3.05) is 17.7 Å². The Morgan fingerprint density at radius 1 is 1.07 bits per heavy atom. The molecule has 1 aliphatic carbocycles. The zero-order valence-electron chi connectivity index (χ0n) is 22.0. The largest absolute Gasteiger partial charge is 0.497 e. The third-order valence-corrected chi connectivity index (χ3v) is 6.92. The van der Waals surface area contributed by atoms with Gasteiger partial charge in [0, 0.05) is 35.8 Å². The molecule has 5 aromatic rings. The number of nitrogens with zero attached hydrogens (tertiary/aromatic N) is 3. The number of ketones is 1. The summed E-state index contributed by atoms with van der Waals surface area (Å²) in [6.45, 7) is 0.526. The molecule has 0 unspecified atom stereocenters. The quantitative estimate of drug-likeness (QED) is 0.231. The summed E-state index contributed by atoms with van der Waals surface area (Å²) in [7, 11) is 1.63. The van der Waals surface area contributed by atoms with Crippen LogP contribution in [0, 0.1) is 0 Å². The molecule has 40 heavy (non-hydrogen) atoms. The minimum absolute atomic E-state index is 0.122. The maximum Gasteiger partial charge on any atom is 0.260 e. The summed E-state index contributed by atoms with van der Waals surface area (Å²) < 4.78 is 6.92. The molecule has 0 radical (unpaired) electrons. The number of H-pyrrole nitrogens is 1. The zero-order chi connectivity index (χ0) is 27.5. The molecular weight excluding hydrogens is 504 g/mol. The molecule has 9 heteroatoms. The van der Waals surface area contributed by atoms with Crippen LogP contribution in [0.1, 0.15) is 44.8 Å². The van der Waals surface area contributed by atoms with Gasteiger partial charge in [-0.15, -0.1) is 0 Å². The molecule has 0 bridgehead atoms. The van der Waals surface area contributed by atoms with E-state index in [1.807, 2.05) is 60.7 Å². The lowest BCUT2D eigenvalue weighted by Crippen LogP contribution is -2.12. The summed E-state index contributed by atoms with van der Waals surface area (Å²) >= 11 is 0. The highest BCUT2D eigenvalue weighted by atomic mass is 16.5. The number of aromatic amines is 1. The summed E-state index contributed by atoms with van der Waals surface area (Å²) in [4.78, 5) is 33.8. The molecule has 0 fully saturated rings.